The normalized spacial score (nSPS) is 16.9. The van der Waals surface area contributed by atoms with E-state index in [2.05, 4.69) is 4.90 Å². The summed E-state index contributed by atoms with van der Waals surface area (Å²) in [5.74, 6) is 0.533. The van der Waals surface area contributed by atoms with Crippen LogP contribution < -0.4 is 14.4 Å². The van der Waals surface area contributed by atoms with Gasteiger partial charge in [0, 0.05) is 13.1 Å². The molecular formula is C25H28N2O4. The van der Waals surface area contributed by atoms with Gasteiger partial charge in [0.05, 0.1) is 25.5 Å². The zero-order chi connectivity index (χ0) is 22.1. The Bertz CT molecular complexity index is 1070. The molecule has 4 rings (SSSR count). The molecule has 0 N–H and O–H groups in total. The Hall–Kier alpha value is -3.28. The Morgan fingerprint density at radius 2 is 1.48 bits per heavy atom. The lowest BCUT2D eigenvalue weighted by Crippen LogP contribution is -2.37. The van der Waals surface area contributed by atoms with Crippen LogP contribution in [0.15, 0.2) is 42.1 Å². The number of ether oxygens (including phenoxy) is 2. The van der Waals surface area contributed by atoms with E-state index in [1.807, 2.05) is 38.1 Å². The molecular weight excluding hydrogens is 392 g/mol. The molecule has 0 aliphatic carbocycles. The fourth-order valence-electron chi connectivity index (χ4n) is 4.28. The van der Waals surface area contributed by atoms with Gasteiger partial charge in [-0.05, 0) is 74.1 Å². The van der Waals surface area contributed by atoms with Gasteiger partial charge in [0.1, 0.15) is 5.70 Å². The average Bonchev–Trinajstić information content (AvgIpc) is 3.05. The minimum Gasteiger partial charge on any atom is -0.493 e. The highest BCUT2D eigenvalue weighted by atomic mass is 16.5. The van der Waals surface area contributed by atoms with Crippen LogP contribution >= 0.6 is 0 Å². The van der Waals surface area contributed by atoms with Crippen LogP contribution in [0.5, 0.6) is 11.5 Å². The van der Waals surface area contributed by atoms with Crippen LogP contribution in [-0.2, 0) is 9.59 Å². The fourth-order valence-corrected chi connectivity index (χ4v) is 4.28. The quantitative estimate of drug-likeness (QED) is 0.682. The van der Waals surface area contributed by atoms with Crippen molar-refractivity contribution in [1.82, 2.24) is 4.90 Å². The molecule has 1 saturated heterocycles. The molecule has 162 valence electrons. The number of carbonyl (C=O) groups is 2. The van der Waals surface area contributed by atoms with E-state index in [1.165, 1.54) is 4.90 Å². The second-order valence-corrected chi connectivity index (χ2v) is 8.06. The molecule has 2 heterocycles. The molecule has 6 nitrogen and oxygen atoms in total. The number of rotatable bonds is 5. The van der Waals surface area contributed by atoms with E-state index in [0.29, 0.717) is 34.0 Å². The summed E-state index contributed by atoms with van der Waals surface area (Å²) in [6, 6.07) is 11.0. The van der Waals surface area contributed by atoms with E-state index >= 15 is 0 Å². The number of amides is 2. The highest BCUT2D eigenvalue weighted by molar-refractivity contribution is 6.45. The second kappa shape index (κ2) is 8.46. The molecule has 2 aromatic carbocycles. The number of likely N-dealkylation sites (tertiary alicyclic amines) is 1. The van der Waals surface area contributed by atoms with Gasteiger partial charge in [-0.3, -0.25) is 9.59 Å². The first-order valence-electron chi connectivity index (χ1n) is 10.6. The average molecular weight is 421 g/mol. The summed E-state index contributed by atoms with van der Waals surface area (Å²) >= 11 is 0. The van der Waals surface area contributed by atoms with Crippen molar-refractivity contribution >= 4 is 23.1 Å². The van der Waals surface area contributed by atoms with Crippen molar-refractivity contribution in [2.24, 2.45) is 0 Å². The van der Waals surface area contributed by atoms with E-state index in [0.717, 1.165) is 43.5 Å². The van der Waals surface area contributed by atoms with Gasteiger partial charge in [0.2, 0.25) is 0 Å². The van der Waals surface area contributed by atoms with Gasteiger partial charge in [0.25, 0.3) is 11.8 Å². The van der Waals surface area contributed by atoms with Gasteiger partial charge in [-0.15, -0.1) is 0 Å². The smallest absolute Gasteiger partial charge is 0.282 e. The van der Waals surface area contributed by atoms with Crippen molar-refractivity contribution in [2.45, 2.75) is 33.1 Å². The standard InChI is InChI=1S/C25H28N2O4/c1-16-8-10-19(14-17(16)2)27-24(28)22(18-9-11-20(30-3)21(15-18)31-4)23(25(27)29)26-12-6-5-7-13-26/h8-11,14-15H,5-7,12-13H2,1-4H3. The summed E-state index contributed by atoms with van der Waals surface area (Å²) in [6.45, 7) is 5.54. The molecule has 6 heteroatoms. The number of hydrogen-bond donors (Lipinski definition) is 0. The highest BCUT2D eigenvalue weighted by Gasteiger charge is 2.43. The second-order valence-electron chi connectivity index (χ2n) is 8.06. The number of hydrogen-bond acceptors (Lipinski definition) is 5. The molecule has 2 aliphatic rings. The van der Waals surface area contributed by atoms with Crippen molar-refractivity contribution in [1.29, 1.82) is 0 Å². The minimum atomic E-state index is -0.305. The predicted octanol–water partition coefficient (Wildman–Crippen LogP) is 4.09. The van der Waals surface area contributed by atoms with Gasteiger partial charge in [-0.1, -0.05) is 12.1 Å². The van der Waals surface area contributed by atoms with E-state index < -0.39 is 0 Å². The molecule has 1 fully saturated rings. The number of anilines is 1. The van der Waals surface area contributed by atoms with E-state index in [4.69, 9.17) is 9.47 Å². The minimum absolute atomic E-state index is 0.264. The number of methoxy groups -OCH3 is 2. The Morgan fingerprint density at radius 3 is 2.13 bits per heavy atom. The lowest BCUT2D eigenvalue weighted by molar-refractivity contribution is -0.120. The monoisotopic (exact) mass is 420 g/mol. The third-order valence-electron chi connectivity index (χ3n) is 6.15. The molecule has 2 aromatic rings. The van der Waals surface area contributed by atoms with Gasteiger partial charge in [-0.2, -0.15) is 0 Å². The van der Waals surface area contributed by atoms with Crippen molar-refractivity contribution in [2.75, 3.05) is 32.2 Å². The van der Waals surface area contributed by atoms with Crippen LogP contribution in [0.1, 0.15) is 36.0 Å². The summed E-state index contributed by atoms with van der Waals surface area (Å²) in [6.07, 6.45) is 3.15. The summed E-state index contributed by atoms with van der Waals surface area (Å²) in [4.78, 5) is 30.7. The summed E-state index contributed by atoms with van der Waals surface area (Å²) in [5, 5.41) is 0. The van der Waals surface area contributed by atoms with Crippen molar-refractivity contribution in [3.05, 3.63) is 58.8 Å². The molecule has 0 unspecified atom stereocenters. The van der Waals surface area contributed by atoms with Crippen LogP contribution in [0.3, 0.4) is 0 Å². The fraction of sp³-hybridized carbons (Fsp3) is 0.360. The van der Waals surface area contributed by atoms with Gasteiger partial charge >= 0.3 is 0 Å². The lowest BCUT2D eigenvalue weighted by Gasteiger charge is -2.29. The lowest BCUT2D eigenvalue weighted by atomic mass is 10.0. The molecule has 0 spiro atoms. The summed E-state index contributed by atoms with van der Waals surface area (Å²) in [5.41, 5.74) is 4.32. The van der Waals surface area contributed by atoms with Crippen LogP contribution in [0.25, 0.3) is 5.57 Å². The zero-order valence-electron chi connectivity index (χ0n) is 18.5. The van der Waals surface area contributed by atoms with Crippen LogP contribution in [0, 0.1) is 13.8 Å². The largest absolute Gasteiger partial charge is 0.493 e. The number of piperidine rings is 1. The van der Waals surface area contributed by atoms with Gasteiger partial charge in [-0.25, -0.2) is 4.90 Å². The highest BCUT2D eigenvalue weighted by Crippen LogP contribution is 2.39. The molecule has 2 amide bonds. The van der Waals surface area contributed by atoms with Crippen LogP contribution in [-0.4, -0.2) is 44.0 Å². The van der Waals surface area contributed by atoms with Crippen molar-refractivity contribution in [3.8, 4) is 11.5 Å². The summed E-state index contributed by atoms with van der Waals surface area (Å²) < 4.78 is 10.8. The Kier molecular flexibility index (Phi) is 5.72. The topological polar surface area (TPSA) is 59.1 Å². The Balaban J connectivity index is 1.85. The molecule has 2 aliphatic heterocycles. The van der Waals surface area contributed by atoms with Crippen molar-refractivity contribution in [3.63, 3.8) is 0 Å². The molecule has 0 saturated carbocycles. The van der Waals surface area contributed by atoms with Crippen LogP contribution in [0.4, 0.5) is 5.69 Å². The maximum absolute atomic E-state index is 13.7. The maximum Gasteiger partial charge on any atom is 0.282 e. The molecule has 0 bridgehead atoms. The number of imide groups is 1. The molecule has 0 aromatic heterocycles. The zero-order valence-corrected chi connectivity index (χ0v) is 18.5. The third-order valence-corrected chi connectivity index (χ3v) is 6.15. The SMILES string of the molecule is COc1ccc(C2=C(N3CCCCC3)C(=O)N(c3ccc(C)c(C)c3)C2=O)cc1OC. The molecule has 0 atom stereocenters. The van der Waals surface area contributed by atoms with E-state index in [-0.39, 0.29) is 11.8 Å². The van der Waals surface area contributed by atoms with E-state index in [9.17, 15) is 9.59 Å². The van der Waals surface area contributed by atoms with E-state index in [1.54, 1.807) is 26.4 Å². The number of carbonyl (C=O) groups excluding carboxylic acids is 2. The first-order valence-corrected chi connectivity index (χ1v) is 10.6. The van der Waals surface area contributed by atoms with Crippen LogP contribution in [0.2, 0.25) is 0 Å². The Morgan fingerprint density at radius 1 is 0.774 bits per heavy atom. The molecule has 31 heavy (non-hydrogen) atoms. The maximum atomic E-state index is 13.7. The van der Waals surface area contributed by atoms with Gasteiger partial charge in [0.15, 0.2) is 11.5 Å². The van der Waals surface area contributed by atoms with Gasteiger partial charge < -0.3 is 14.4 Å². The van der Waals surface area contributed by atoms with Crippen molar-refractivity contribution < 1.29 is 19.1 Å². The predicted molar refractivity (Wildman–Crippen MR) is 120 cm³/mol. The summed E-state index contributed by atoms with van der Waals surface area (Å²) in [7, 11) is 3.13. The Labute approximate surface area is 183 Å². The third kappa shape index (κ3) is 3.67. The first-order chi connectivity index (χ1) is 15.0. The number of nitrogens with zero attached hydrogens (tertiary/aromatic N) is 2. The number of aryl methyl sites for hydroxylation is 2. The first kappa shape index (κ1) is 21.0. The molecule has 0 radical (unpaired) electrons. The number of benzene rings is 2.